The Morgan fingerprint density at radius 1 is 0.957 bits per heavy atom. The van der Waals surface area contributed by atoms with Gasteiger partial charge in [0.25, 0.3) is 0 Å². The minimum absolute atomic E-state index is 0.0688. The number of rotatable bonds is 9. The molecule has 0 heterocycles. The van der Waals surface area contributed by atoms with Crippen LogP contribution in [0, 0.1) is 0 Å². The largest absolute Gasteiger partial charge is 0.466 e. The van der Waals surface area contributed by atoms with Gasteiger partial charge < -0.3 is 9.47 Å². The molecule has 0 aliphatic carbocycles. The first-order valence-electron chi connectivity index (χ1n) is 7.45. The minimum atomic E-state index is -0.519. The molecule has 7 heteroatoms. The maximum Gasteiger partial charge on any atom is 0.311 e. The van der Waals surface area contributed by atoms with Crippen LogP contribution in [0.2, 0.25) is 15.1 Å². The Morgan fingerprint density at radius 3 is 2.17 bits per heavy atom. The van der Waals surface area contributed by atoms with Crippen LogP contribution in [0.5, 0.6) is 5.75 Å². The topological polar surface area (TPSA) is 52.6 Å². The minimum Gasteiger partial charge on any atom is -0.466 e. The number of unbranched alkanes of at least 4 members (excludes halogenated alkanes) is 2. The zero-order valence-electron chi connectivity index (χ0n) is 12.9. The fourth-order valence-electron chi connectivity index (χ4n) is 1.78. The predicted octanol–water partition coefficient (Wildman–Crippen LogP) is 5.46. The molecule has 0 fully saturated rings. The van der Waals surface area contributed by atoms with Gasteiger partial charge in [-0.2, -0.15) is 0 Å². The molecule has 1 rings (SSSR count). The molecular weight excluding hydrogens is 363 g/mol. The molecule has 128 valence electrons. The molecule has 4 nitrogen and oxygen atoms in total. The summed E-state index contributed by atoms with van der Waals surface area (Å²) in [5.74, 6) is -0.753. The third kappa shape index (κ3) is 7.91. The molecule has 0 unspecified atom stereocenters. The summed E-state index contributed by atoms with van der Waals surface area (Å²) in [6, 6.07) is 2.87. The molecule has 23 heavy (non-hydrogen) atoms. The molecule has 0 saturated carbocycles. The molecule has 0 radical (unpaired) electrons. The van der Waals surface area contributed by atoms with Crippen molar-refractivity contribution in [1.29, 1.82) is 0 Å². The van der Waals surface area contributed by atoms with Crippen molar-refractivity contribution in [3.05, 3.63) is 27.2 Å². The summed E-state index contributed by atoms with van der Waals surface area (Å²) in [5, 5.41) is 0.669. The van der Waals surface area contributed by atoms with Crippen molar-refractivity contribution in [2.75, 3.05) is 6.61 Å². The van der Waals surface area contributed by atoms with Crippen LogP contribution in [0.1, 0.15) is 45.4 Å². The fraction of sp³-hybridized carbons (Fsp3) is 0.500. The van der Waals surface area contributed by atoms with Gasteiger partial charge in [0.1, 0.15) is 0 Å². The van der Waals surface area contributed by atoms with E-state index < -0.39 is 5.97 Å². The van der Waals surface area contributed by atoms with Crippen molar-refractivity contribution >= 4 is 46.7 Å². The lowest BCUT2D eigenvalue weighted by Crippen LogP contribution is -2.11. The Labute approximate surface area is 151 Å². The van der Waals surface area contributed by atoms with Crippen LogP contribution in [0.3, 0.4) is 0 Å². The van der Waals surface area contributed by atoms with Crippen LogP contribution >= 0.6 is 34.8 Å². The summed E-state index contributed by atoms with van der Waals surface area (Å²) in [5.41, 5.74) is 0. The van der Waals surface area contributed by atoms with Crippen molar-refractivity contribution in [1.82, 2.24) is 0 Å². The molecule has 0 aromatic heterocycles. The molecule has 0 spiro atoms. The quantitative estimate of drug-likeness (QED) is 0.324. The van der Waals surface area contributed by atoms with E-state index in [9.17, 15) is 9.59 Å². The molecule has 1 aromatic carbocycles. The van der Waals surface area contributed by atoms with Gasteiger partial charge in [0.05, 0.1) is 16.7 Å². The smallest absolute Gasteiger partial charge is 0.311 e. The number of hydrogen-bond donors (Lipinski definition) is 0. The van der Waals surface area contributed by atoms with Crippen molar-refractivity contribution in [2.24, 2.45) is 0 Å². The van der Waals surface area contributed by atoms with E-state index in [0.29, 0.717) is 18.1 Å². The zero-order chi connectivity index (χ0) is 17.2. The average Bonchev–Trinajstić information content (AvgIpc) is 2.47. The van der Waals surface area contributed by atoms with E-state index in [1.807, 2.05) is 0 Å². The van der Waals surface area contributed by atoms with E-state index in [1.54, 1.807) is 0 Å². The van der Waals surface area contributed by atoms with Gasteiger partial charge in [0, 0.05) is 17.9 Å². The second-order valence-electron chi connectivity index (χ2n) is 4.95. The van der Waals surface area contributed by atoms with Crippen molar-refractivity contribution in [3.8, 4) is 5.75 Å². The van der Waals surface area contributed by atoms with Gasteiger partial charge in [-0.25, -0.2) is 0 Å². The first-order chi connectivity index (χ1) is 10.9. The predicted molar refractivity (Wildman–Crippen MR) is 91.4 cm³/mol. The van der Waals surface area contributed by atoms with Crippen molar-refractivity contribution < 1.29 is 19.1 Å². The molecule has 1 aromatic rings. The highest BCUT2D eigenvalue weighted by Gasteiger charge is 2.14. The summed E-state index contributed by atoms with van der Waals surface area (Å²) in [7, 11) is 0. The van der Waals surface area contributed by atoms with E-state index in [-0.39, 0.29) is 34.6 Å². The number of hydrogen-bond acceptors (Lipinski definition) is 4. The molecule has 0 N–H and O–H groups in total. The van der Waals surface area contributed by atoms with Crippen LogP contribution in [-0.2, 0) is 14.3 Å². The molecule has 0 atom stereocenters. The monoisotopic (exact) mass is 380 g/mol. The Balaban J connectivity index is 2.31. The van der Waals surface area contributed by atoms with Crippen LogP contribution in [0.4, 0.5) is 0 Å². The third-order valence-electron chi connectivity index (χ3n) is 2.95. The lowest BCUT2D eigenvalue weighted by molar-refractivity contribution is -0.144. The number of carbonyl (C=O) groups excluding carboxylic acids is 2. The zero-order valence-corrected chi connectivity index (χ0v) is 15.1. The van der Waals surface area contributed by atoms with Crippen LogP contribution < -0.4 is 4.74 Å². The Bertz CT molecular complexity index is 523. The summed E-state index contributed by atoms with van der Waals surface area (Å²) < 4.78 is 10.2. The molecule has 0 bridgehead atoms. The summed E-state index contributed by atoms with van der Waals surface area (Å²) >= 11 is 17.6. The average molecular weight is 382 g/mol. The molecule has 0 aliphatic rings. The van der Waals surface area contributed by atoms with E-state index >= 15 is 0 Å². The number of carbonyl (C=O) groups is 2. The Kier molecular flexibility index (Phi) is 9.37. The first-order valence-corrected chi connectivity index (χ1v) is 8.58. The van der Waals surface area contributed by atoms with E-state index in [4.69, 9.17) is 44.3 Å². The summed E-state index contributed by atoms with van der Waals surface area (Å²) in [6.45, 7) is 2.50. The van der Waals surface area contributed by atoms with Gasteiger partial charge in [-0.3, -0.25) is 9.59 Å². The van der Waals surface area contributed by atoms with Crippen molar-refractivity contribution in [2.45, 2.75) is 45.4 Å². The summed E-state index contributed by atoms with van der Waals surface area (Å²) in [6.07, 6.45) is 3.54. The van der Waals surface area contributed by atoms with Gasteiger partial charge in [-0.15, -0.1) is 0 Å². The van der Waals surface area contributed by atoms with Crippen LogP contribution in [-0.4, -0.2) is 18.5 Å². The standard InChI is InChI=1S/C16H19Cl3O4/c1-2-3-4-8-22-14(20)6-5-7-15(21)23-16-12(18)9-11(17)10-13(16)19/h9-10H,2-8H2,1H3. The lowest BCUT2D eigenvalue weighted by Gasteiger charge is -2.08. The molecule has 0 aliphatic heterocycles. The van der Waals surface area contributed by atoms with Gasteiger partial charge in [-0.1, -0.05) is 54.6 Å². The second kappa shape index (κ2) is 10.7. The van der Waals surface area contributed by atoms with Crippen molar-refractivity contribution in [3.63, 3.8) is 0 Å². The van der Waals surface area contributed by atoms with Crippen LogP contribution in [0.25, 0.3) is 0 Å². The highest BCUT2D eigenvalue weighted by molar-refractivity contribution is 6.40. The third-order valence-corrected chi connectivity index (χ3v) is 3.73. The van der Waals surface area contributed by atoms with E-state index in [0.717, 1.165) is 19.3 Å². The van der Waals surface area contributed by atoms with Gasteiger partial charge in [0.15, 0.2) is 5.75 Å². The fourth-order valence-corrected chi connectivity index (χ4v) is 2.67. The highest BCUT2D eigenvalue weighted by Crippen LogP contribution is 2.36. The van der Waals surface area contributed by atoms with Gasteiger partial charge >= 0.3 is 11.9 Å². The lowest BCUT2D eigenvalue weighted by atomic mass is 10.2. The van der Waals surface area contributed by atoms with E-state index in [2.05, 4.69) is 6.92 Å². The second-order valence-corrected chi connectivity index (χ2v) is 6.20. The number of ether oxygens (including phenoxy) is 2. The van der Waals surface area contributed by atoms with Gasteiger partial charge in [0.2, 0.25) is 0 Å². The normalized spacial score (nSPS) is 10.4. The Hall–Kier alpha value is -0.970. The first kappa shape index (κ1) is 20.1. The molecule has 0 saturated heterocycles. The summed E-state index contributed by atoms with van der Waals surface area (Å²) in [4.78, 5) is 23.2. The van der Waals surface area contributed by atoms with Crippen LogP contribution in [0.15, 0.2) is 12.1 Å². The number of halogens is 3. The maximum absolute atomic E-state index is 11.8. The highest BCUT2D eigenvalue weighted by atomic mass is 35.5. The van der Waals surface area contributed by atoms with Gasteiger partial charge in [-0.05, 0) is 25.0 Å². The number of benzene rings is 1. The maximum atomic E-state index is 11.8. The Morgan fingerprint density at radius 2 is 1.57 bits per heavy atom. The molecular formula is C16H19Cl3O4. The molecule has 0 amide bonds. The SMILES string of the molecule is CCCCCOC(=O)CCCC(=O)Oc1c(Cl)cc(Cl)cc1Cl. The number of esters is 2. The van der Waals surface area contributed by atoms with E-state index in [1.165, 1.54) is 12.1 Å².